The van der Waals surface area contributed by atoms with E-state index >= 15 is 0 Å². The van der Waals surface area contributed by atoms with E-state index in [0.717, 1.165) is 39.0 Å². The third-order valence-electron chi connectivity index (χ3n) is 6.92. The predicted molar refractivity (Wildman–Crippen MR) is 118 cm³/mol. The number of halogens is 2. The van der Waals surface area contributed by atoms with Crippen molar-refractivity contribution in [3.63, 3.8) is 0 Å². The second-order valence-electron chi connectivity index (χ2n) is 8.94. The van der Waals surface area contributed by atoms with Crippen LogP contribution in [0.15, 0.2) is 18.2 Å². The summed E-state index contributed by atoms with van der Waals surface area (Å²) in [6, 6.07) is 4.76. The molecule has 31 heavy (non-hydrogen) atoms. The molecule has 6 nitrogen and oxygen atoms in total. The van der Waals surface area contributed by atoms with E-state index in [-0.39, 0.29) is 17.6 Å². The number of hydrogen-bond acceptors (Lipinski definition) is 4. The average Bonchev–Trinajstić information content (AvgIpc) is 3.32. The number of piperazine rings is 2. The summed E-state index contributed by atoms with van der Waals surface area (Å²) in [5.41, 5.74) is 0.522. The van der Waals surface area contributed by atoms with Crippen LogP contribution in [0, 0.1) is 11.7 Å². The van der Waals surface area contributed by atoms with E-state index in [1.807, 2.05) is 9.80 Å². The first-order chi connectivity index (χ1) is 15.0. The average molecular weight is 451 g/mol. The summed E-state index contributed by atoms with van der Waals surface area (Å²) in [5.74, 6) is 0.397. The smallest absolute Gasteiger partial charge is 0.236 e. The molecule has 0 unspecified atom stereocenters. The fourth-order valence-corrected chi connectivity index (χ4v) is 5.13. The Labute approximate surface area is 188 Å². The third-order valence-corrected chi connectivity index (χ3v) is 7.27. The maximum absolute atomic E-state index is 14.0. The minimum atomic E-state index is -0.281. The quantitative estimate of drug-likeness (QED) is 0.691. The van der Waals surface area contributed by atoms with Gasteiger partial charge in [-0.1, -0.05) is 30.5 Å². The van der Waals surface area contributed by atoms with Gasteiger partial charge in [-0.2, -0.15) is 0 Å². The fourth-order valence-electron chi connectivity index (χ4n) is 4.91. The van der Waals surface area contributed by atoms with E-state index < -0.39 is 0 Å². The van der Waals surface area contributed by atoms with E-state index in [2.05, 4.69) is 9.80 Å². The lowest BCUT2D eigenvalue weighted by atomic mass is 10.1. The van der Waals surface area contributed by atoms with Gasteiger partial charge in [-0.15, -0.1) is 0 Å². The number of nitrogens with zero attached hydrogens (tertiary/aromatic N) is 4. The second kappa shape index (κ2) is 10.3. The summed E-state index contributed by atoms with van der Waals surface area (Å²) in [5, 5.41) is 0.448. The standard InChI is InChI=1S/C23H32ClFN4O2/c24-20-6-3-7-21(25)19(20)16-26-8-12-28(13-9-26)22(30)17-27-10-14-29(15-11-27)23(31)18-4-1-2-5-18/h3,6-7,18H,1-2,4-5,8-17H2. The van der Waals surface area contributed by atoms with E-state index in [1.165, 1.54) is 18.9 Å². The molecular formula is C23H32ClFN4O2. The van der Waals surface area contributed by atoms with Gasteiger partial charge in [0.15, 0.2) is 0 Å². The van der Waals surface area contributed by atoms with Crippen LogP contribution >= 0.6 is 11.6 Å². The van der Waals surface area contributed by atoms with Gasteiger partial charge in [-0.25, -0.2) is 4.39 Å². The Kier molecular flexibility index (Phi) is 7.46. The Bertz CT molecular complexity index is 766. The van der Waals surface area contributed by atoms with Crippen LogP contribution in [0.3, 0.4) is 0 Å². The number of carbonyl (C=O) groups excluding carboxylic acids is 2. The highest BCUT2D eigenvalue weighted by Gasteiger charge is 2.30. The number of benzene rings is 1. The van der Waals surface area contributed by atoms with Gasteiger partial charge in [0.25, 0.3) is 0 Å². The van der Waals surface area contributed by atoms with Gasteiger partial charge < -0.3 is 9.80 Å². The molecule has 2 heterocycles. The van der Waals surface area contributed by atoms with Crippen molar-refractivity contribution in [2.24, 2.45) is 5.92 Å². The summed E-state index contributed by atoms with van der Waals surface area (Å²) in [4.78, 5) is 33.5. The zero-order chi connectivity index (χ0) is 21.8. The topological polar surface area (TPSA) is 47.1 Å². The van der Waals surface area contributed by atoms with Crippen LogP contribution in [0.2, 0.25) is 5.02 Å². The van der Waals surface area contributed by atoms with Gasteiger partial charge in [0.05, 0.1) is 6.54 Å². The molecule has 170 valence electrons. The van der Waals surface area contributed by atoms with Crippen LogP contribution in [-0.4, -0.2) is 90.3 Å². The second-order valence-corrected chi connectivity index (χ2v) is 9.35. The number of carbonyl (C=O) groups is 2. The van der Waals surface area contributed by atoms with Crippen LogP contribution in [0.4, 0.5) is 4.39 Å². The van der Waals surface area contributed by atoms with Crippen LogP contribution in [0.1, 0.15) is 31.2 Å². The van der Waals surface area contributed by atoms with Crippen molar-refractivity contribution in [2.45, 2.75) is 32.2 Å². The van der Waals surface area contributed by atoms with Crippen molar-refractivity contribution in [3.05, 3.63) is 34.6 Å². The first-order valence-corrected chi connectivity index (χ1v) is 11.8. The summed E-state index contributed by atoms with van der Waals surface area (Å²) in [7, 11) is 0. The zero-order valence-electron chi connectivity index (χ0n) is 18.1. The highest BCUT2D eigenvalue weighted by molar-refractivity contribution is 6.31. The van der Waals surface area contributed by atoms with Crippen molar-refractivity contribution in [2.75, 3.05) is 58.9 Å². The van der Waals surface area contributed by atoms with Gasteiger partial charge in [-0.05, 0) is 25.0 Å². The molecule has 1 aromatic carbocycles. The molecule has 0 spiro atoms. The molecule has 8 heteroatoms. The lowest BCUT2D eigenvalue weighted by Crippen LogP contribution is -2.54. The molecule has 0 radical (unpaired) electrons. The summed E-state index contributed by atoms with van der Waals surface area (Å²) < 4.78 is 14.0. The molecule has 0 N–H and O–H groups in total. The van der Waals surface area contributed by atoms with Gasteiger partial charge in [0.1, 0.15) is 5.82 Å². The van der Waals surface area contributed by atoms with Gasteiger partial charge in [0.2, 0.25) is 11.8 Å². The molecule has 2 saturated heterocycles. The highest BCUT2D eigenvalue weighted by Crippen LogP contribution is 2.27. The van der Waals surface area contributed by atoms with Gasteiger partial charge >= 0.3 is 0 Å². The lowest BCUT2D eigenvalue weighted by Gasteiger charge is -2.38. The van der Waals surface area contributed by atoms with Crippen LogP contribution in [0.5, 0.6) is 0 Å². The van der Waals surface area contributed by atoms with E-state index in [4.69, 9.17) is 11.6 Å². The molecular weight excluding hydrogens is 419 g/mol. The molecule has 1 aliphatic carbocycles. The molecule has 1 saturated carbocycles. The lowest BCUT2D eigenvalue weighted by molar-refractivity contribution is -0.138. The molecule has 0 aromatic heterocycles. The predicted octanol–water partition coefficient (Wildman–Crippen LogP) is 2.46. The van der Waals surface area contributed by atoms with E-state index in [1.54, 1.807) is 12.1 Å². The Balaban J connectivity index is 1.19. The molecule has 2 amide bonds. The molecule has 3 aliphatic rings. The van der Waals surface area contributed by atoms with Crippen molar-refractivity contribution in [3.8, 4) is 0 Å². The van der Waals surface area contributed by atoms with E-state index in [0.29, 0.717) is 55.8 Å². The fraction of sp³-hybridized carbons (Fsp3) is 0.652. The summed E-state index contributed by atoms with van der Waals surface area (Å²) in [6.45, 7) is 6.54. The maximum Gasteiger partial charge on any atom is 0.236 e. The monoisotopic (exact) mass is 450 g/mol. The first kappa shape index (κ1) is 22.5. The summed E-state index contributed by atoms with van der Waals surface area (Å²) in [6.07, 6.45) is 4.41. The Hall–Kier alpha value is -1.70. The van der Waals surface area contributed by atoms with Crippen LogP contribution in [-0.2, 0) is 16.1 Å². The summed E-state index contributed by atoms with van der Waals surface area (Å²) >= 11 is 6.14. The molecule has 0 bridgehead atoms. The Morgan fingerprint density at radius 2 is 1.52 bits per heavy atom. The Morgan fingerprint density at radius 1 is 0.903 bits per heavy atom. The van der Waals surface area contributed by atoms with Crippen molar-refractivity contribution in [1.82, 2.24) is 19.6 Å². The van der Waals surface area contributed by atoms with Crippen molar-refractivity contribution in [1.29, 1.82) is 0 Å². The third kappa shape index (κ3) is 5.57. The molecule has 4 rings (SSSR count). The molecule has 0 atom stereocenters. The number of hydrogen-bond donors (Lipinski definition) is 0. The van der Waals surface area contributed by atoms with Crippen molar-refractivity contribution < 1.29 is 14.0 Å². The van der Waals surface area contributed by atoms with Gasteiger partial charge in [0, 0.05) is 75.4 Å². The normalized spacial score (nSPS) is 21.6. The molecule has 3 fully saturated rings. The van der Waals surface area contributed by atoms with Crippen molar-refractivity contribution >= 4 is 23.4 Å². The van der Waals surface area contributed by atoms with E-state index in [9.17, 15) is 14.0 Å². The largest absolute Gasteiger partial charge is 0.340 e. The number of amides is 2. The Morgan fingerprint density at radius 3 is 2.16 bits per heavy atom. The minimum Gasteiger partial charge on any atom is -0.340 e. The van der Waals surface area contributed by atoms with Crippen LogP contribution < -0.4 is 0 Å². The first-order valence-electron chi connectivity index (χ1n) is 11.5. The zero-order valence-corrected chi connectivity index (χ0v) is 18.8. The molecule has 2 aliphatic heterocycles. The SMILES string of the molecule is O=C(CN1CCN(C(=O)C2CCCC2)CC1)N1CCN(Cc2c(F)cccc2Cl)CC1. The van der Waals surface area contributed by atoms with Crippen LogP contribution in [0.25, 0.3) is 0 Å². The van der Waals surface area contributed by atoms with Gasteiger partial charge in [-0.3, -0.25) is 19.4 Å². The number of rotatable bonds is 5. The minimum absolute atomic E-state index is 0.138. The molecule has 1 aromatic rings. The highest BCUT2D eigenvalue weighted by atomic mass is 35.5. The maximum atomic E-state index is 14.0.